The lowest BCUT2D eigenvalue weighted by Gasteiger charge is -2.16. The molecule has 1 fully saturated rings. The number of carbonyl (C=O) groups excluding carboxylic acids is 1. The van der Waals surface area contributed by atoms with Crippen LogP contribution in [0, 0.1) is 6.92 Å². The van der Waals surface area contributed by atoms with Gasteiger partial charge in [0.1, 0.15) is 11.9 Å². The molecule has 1 aliphatic heterocycles. The molecule has 1 amide bonds. The Kier molecular flexibility index (Phi) is 5.42. The van der Waals surface area contributed by atoms with Crippen molar-refractivity contribution >= 4 is 17.2 Å². The molecule has 7 heteroatoms. The highest BCUT2D eigenvalue weighted by molar-refractivity contribution is 7.11. The maximum Gasteiger partial charge on any atom is 0.217 e. The van der Waals surface area contributed by atoms with Crippen molar-refractivity contribution in [3.8, 4) is 5.75 Å². The topological polar surface area (TPSA) is 67.3 Å². The predicted molar refractivity (Wildman–Crippen MR) is 92.9 cm³/mol. The number of rotatable bonds is 6. The van der Waals surface area contributed by atoms with Gasteiger partial charge in [0.15, 0.2) is 0 Å². The fraction of sp³-hybridized carbons (Fsp3) is 0.471. The Hall–Kier alpha value is -1.99. The van der Waals surface area contributed by atoms with E-state index in [1.54, 1.807) is 17.5 Å². The third-order valence-corrected chi connectivity index (χ3v) is 4.78. The van der Waals surface area contributed by atoms with Gasteiger partial charge in [0.2, 0.25) is 5.91 Å². The summed E-state index contributed by atoms with van der Waals surface area (Å²) in [7, 11) is 0. The molecule has 2 aromatic rings. The molecule has 24 heavy (non-hydrogen) atoms. The van der Waals surface area contributed by atoms with Crippen LogP contribution >= 0.6 is 11.3 Å². The normalized spacial score (nSPS) is 17.8. The molecule has 0 bridgehead atoms. The summed E-state index contributed by atoms with van der Waals surface area (Å²) in [5.41, 5.74) is 0.803. The Morgan fingerprint density at radius 2 is 2.38 bits per heavy atom. The van der Waals surface area contributed by atoms with Crippen molar-refractivity contribution in [1.29, 1.82) is 0 Å². The number of likely N-dealkylation sites (tertiary alicyclic amines) is 1. The van der Waals surface area contributed by atoms with Gasteiger partial charge >= 0.3 is 0 Å². The van der Waals surface area contributed by atoms with Crippen LogP contribution in [-0.4, -0.2) is 40.0 Å². The van der Waals surface area contributed by atoms with Gasteiger partial charge in [0.05, 0.1) is 17.2 Å². The zero-order chi connectivity index (χ0) is 16.9. The first-order valence-electron chi connectivity index (χ1n) is 8.08. The molecule has 3 heterocycles. The van der Waals surface area contributed by atoms with Crippen LogP contribution in [0.15, 0.2) is 24.5 Å². The molecule has 0 saturated carbocycles. The molecule has 1 unspecified atom stereocenters. The summed E-state index contributed by atoms with van der Waals surface area (Å²) in [6.45, 7) is 6.85. The molecule has 0 aliphatic carbocycles. The minimum Gasteiger partial charge on any atom is -0.489 e. The summed E-state index contributed by atoms with van der Waals surface area (Å²) >= 11 is 1.75. The number of hydrogen-bond donors (Lipinski definition) is 1. The van der Waals surface area contributed by atoms with Crippen LogP contribution in [0.1, 0.15) is 28.9 Å². The Morgan fingerprint density at radius 1 is 1.50 bits per heavy atom. The van der Waals surface area contributed by atoms with Crippen LogP contribution < -0.4 is 10.1 Å². The first kappa shape index (κ1) is 16.9. The fourth-order valence-corrected chi connectivity index (χ4v) is 3.61. The number of nitrogens with one attached hydrogen (secondary N) is 1. The van der Waals surface area contributed by atoms with Crippen molar-refractivity contribution in [3.63, 3.8) is 0 Å². The Labute approximate surface area is 145 Å². The molecular formula is C17H22N4O2S. The van der Waals surface area contributed by atoms with Crippen LogP contribution in [0.4, 0.5) is 0 Å². The van der Waals surface area contributed by atoms with Crippen molar-refractivity contribution in [2.45, 2.75) is 39.5 Å². The molecule has 1 N–H and O–H groups in total. The van der Waals surface area contributed by atoms with Crippen LogP contribution in [-0.2, 0) is 17.9 Å². The van der Waals surface area contributed by atoms with Gasteiger partial charge in [-0.1, -0.05) is 0 Å². The smallest absolute Gasteiger partial charge is 0.217 e. The molecule has 0 spiro atoms. The van der Waals surface area contributed by atoms with Gasteiger partial charge in [-0.15, -0.1) is 11.3 Å². The number of thiazole rings is 1. The molecule has 3 rings (SSSR count). The van der Waals surface area contributed by atoms with Crippen LogP contribution in [0.25, 0.3) is 0 Å². The number of pyridine rings is 1. The molecule has 128 valence electrons. The summed E-state index contributed by atoms with van der Waals surface area (Å²) in [5, 5.41) is 3.86. The van der Waals surface area contributed by atoms with Crippen molar-refractivity contribution in [2.24, 2.45) is 0 Å². The molecular weight excluding hydrogens is 324 g/mol. The quantitative estimate of drug-likeness (QED) is 0.868. The number of amides is 1. The van der Waals surface area contributed by atoms with Gasteiger partial charge in [-0.3, -0.25) is 14.7 Å². The van der Waals surface area contributed by atoms with E-state index in [0.717, 1.165) is 42.5 Å². The van der Waals surface area contributed by atoms with E-state index in [1.165, 1.54) is 11.8 Å². The highest BCUT2D eigenvalue weighted by Gasteiger charge is 2.24. The molecule has 0 aromatic carbocycles. The lowest BCUT2D eigenvalue weighted by molar-refractivity contribution is -0.119. The van der Waals surface area contributed by atoms with Gasteiger partial charge in [-0.2, -0.15) is 0 Å². The predicted octanol–water partition coefficient (Wildman–Crippen LogP) is 2.14. The molecule has 1 atom stereocenters. The maximum atomic E-state index is 11.0. The van der Waals surface area contributed by atoms with Crippen molar-refractivity contribution < 1.29 is 9.53 Å². The number of aryl methyl sites for hydroxylation is 1. The SMILES string of the molecule is CC(=O)NCc1cc(OC2CCN(Cc3cnc(C)s3)C2)ccn1. The fourth-order valence-electron chi connectivity index (χ4n) is 2.77. The summed E-state index contributed by atoms with van der Waals surface area (Å²) in [4.78, 5) is 23.2. The summed E-state index contributed by atoms with van der Waals surface area (Å²) in [5.74, 6) is 0.749. The van der Waals surface area contributed by atoms with E-state index in [0.29, 0.717) is 6.54 Å². The molecule has 0 radical (unpaired) electrons. The number of hydrogen-bond acceptors (Lipinski definition) is 6. The molecule has 6 nitrogen and oxygen atoms in total. The van der Waals surface area contributed by atoms with E-state index in [2.05, 4.69) is 20.2 Å². The summed E-state index contributed by atoms with van der Waals surface area (Å²) < 4.78 is 6.09. The molecule has 2 aromatic heterocycles. The van der Waals surface area contributed by atoms with Gasteiger partial charge in [0, 0.05) is 49.9 Å². The van der Waals surface area contributed by atoms with E-state index in [1.807, 2.05) is 25.3 Å². The van der Waals surface area contributed by atoms with E-state index in [9.17, 15) is 4.79 Å². The first-order valence-corrected chi connectivity index (χ1v) is 8.90. The van der Waals surface area contributed by atoms with E-state index < -0.39 is 0 Å². The van der Waals surface area contributed by atoms with Gasteiger partial charge in [0.25, 0.3) is 0 Å². The number of nitrogens with zero attached hydrogens (tertiary/aromatic N) is 3. The van der Waals surface area contributed by atoms with Crippen molar-refractivity contribution in [2.75, 3.05) is 13.1 Å². The lowest BCUT2D eigenvalue weighted by atomic mass is 10.3. The Bertz CT molecular complexity index is 703. The van der Waals surface area contributed by atoms with Gasteiger partial charge in [-0.05, 0) is 19.4 Å². The van der Waals surface area contributed by atoms with E-state index in [4.69, 9.17) is 4.74 Å². The van der Waals surface area contributed by atoms with Crippen LogP contribution in [0.2, 0.25) is 0 Å². The van der Waals surface area contributed by atoms with E-state index >= 15 is 0 Å². The molecule has 1 aliphatic rings. The Balaban J connectivity index is 1.51. The minimum absolute atomic E-state index is 0.0622. The third kappa shape index (κ3) is 4.75. The second-order valence-electron chi connectivity index (χ2n) is 6.00. The number of aromatic nitrogens is 2. The lowest BCUT2D eigenvalue weighted by Crippen LogP contribution is -2.24. The first-order chi connectivity index (χ1) is 11.6. The highest BCUT2D eigenvalue weighted by atomic mass is 32.1. The molecule has 1 saturated heterocycles. The van der Waals surface area contributed by atoms with Crippen molar-refractivity contribution in [3.05, 3.63) is 40.1 Å². The van der Waals surface area contributed by atoms with Gasteiger partial charge < -0.3 is 10.1 Å². The minimum atomic E-state index is -0.0622. The largest absolute Gasteiger partial charge is 0.489 e. The zero-order valence-electron chi connectivity index (χ0n) is 14.0. The monoisotopic (exact) mass is 346 g/mol. The van der Waals surface area contributed by atoms with E-state index in [-0.39, 0.29) is 12.0 Å². The highest BCUT2D eigenvalue weighted by Crippen LogP contribution is 2.22. The third-order valence-electron chi connectivity index (χ3n) is 3.89. The zero-order valence-corrected chi connectivity index (χ0v) is 14.8. The average molecular weight is 346 g/mol. The van der Waals surface area contributed by atoms with Crippen molar-refractivity contribution in [1.82, 2.24) is 20.2 Å². The standard InChI is InChI=1S/C17H22N4O2S/c1-12(22)19-8-14-7-15(3-5-18-14)23-16-4-6-21(10-16)11-17-9-20-13(2)24-17/h3,5,7,9,16H,4,6,8,10-11H2,1-2H3,(H,19,22). The van der Waals surface area contributed by atoms with Crippen LogP contribution in [0.3, 0.4) is 0 Å². The second-order valence-corrected chi connectivity index (χ2v) is 7.32. The summed E-state index contributed by atoms with van der Waals surface area (Å²) in [6, 6.07) is 3.76. The van der Waals surface area contributed by atoms with Crippen LogP contribution in [0.5, 0.6) is 5.75 Å². The number of carbonyl (C=O) groups is 1. The summed E-state index contributed by atoms with van der Waals surface area (Å²) in [6.07, 6.45) is 4.89. The number of ether oxygens (including phenoxy) is 1. The average Bonchev–Trinajstić information content (AvgIpc) is 3.15. The maximum absolute atomic E-state index is 11.0. The van der Waals surface area contributed by atoms with Gasteiger partial charge in [-0.25, -0.2) is 4.98 Å². The Morgan fingerprint density at radius 3 is 3.12 bits per heavy atom. The second kappa shape index (κ2) is 7.72.